The van der Waals surface area contributed by atoms with Crippen molar-refractivity contribution in [1.29, 1.82) is 0 Å². The normalized spacial score (nSPS) is 15.5. The summed E-state index contributed by atoms with van der Waals surface area (Å²) in [7, 11) is 0. The number of aryl methyl sites for hydroxylation is 1. The van der Waals surface area contributed by atoms with Gasteiger partial charge < -0.3 is 9.80 Å². The zero-order chi connectivity index (χ0) is 13.9. The summed E-state index contributed by atoms with van der Waals surface area (Å²) in [5.74, 6) is 0.901. The molecule has 4 nitrogen and oxygen atoms in total. The van der Waals surface area contributed by atoms with Gasteiger partial charge in [-0.05, 0) is 31.2 Å². The zero-order valence-corrected chi connectivity index (χ0v) is 12.2. The molecule has 0 amide bonds. The van der Waals surface area contributed by atoms with Crippen molar-refractivity contribution < 1.29 is 0 Å². The molecule has 0 N–H and O–H groups in total. The maximum atomic E-state index is 5.77. The summed E-state index contributed by atoms with van der Waals surface area (Å²) in [6.45, 7) is 6.00. The lowest BCUT2D eigenvalue weighted by Gasteiger charge is -2.36. The highest BCUT2D eigenvalue weighted by molar-refractivity contribution is 6.29. The van der Waals surface area contributed by atoms with E-state index in [4.69, 9.17) is 11.6 Å². The van der Waals surface area contributed by atoms with E-state index in [0.717, 1.165) is 32.0 Å². The molecule has 0 atom stereocenters. The van der Waals surface area contributed by atoms with Gasteiger partial charge in [0.1, 0.15) is 0 Å². The highest BCUT2D eigenvalue weighted by atomic mass is 35.5. The van der Waals surface area contributed by atoms with Crippen LogP contribution in [0.1, 0.15) is 5.56 Å². The molecule has 1 aromatic carbocycles. The summed E-state index contributed by atoms with van der Waals surface area (Å²) in [4.78, 5) is 4.65. The summed E-state index contributed by atoms with van der Waals surface area (Å²) in [5, 5.41) is 8.48. The van der Waals surface area contributed by atoms with E-state index in [9.17, 15) is 0 Å². The zero-order valence-electron chi connectivity index (χ0n) is 11.5. The number of nitrogens with zero attached hydrogens (tertiary/aromatic N) is 4. The molecule has 1 aromatic heterocycles. The summed E-state index contributed by atoms with van der Waals surface area (Å²) < 4.78 is 0. The van der Waals surface area contributed by atoms with Crippen molar-refractivity contribution in [2.75, 3.05) is 36.0 Å². The number of anilines is 2. The first-order chi connectivity index (χ1) is 9.72. The molecule has 5 heteroatoms. The molecule has 0 unspecified atom stereocenters. The molecular formula is C15H17ClN4. The van der Waals surface area contributed by atoms with Gasteiger partial charge in [-0.2, -0.15) is 0 Å². The molecule has 20 heavy (non-hydrogen) atoms. The molecule has 1 aliphatic heterocycles. The van der Waals surface area contributed by atoms with Crippen molar-refractivity contribution in [1.82, 2.24) is 10.2 Å². The third-order valence-electron chi connectivity index (χ3n) is 3.62. The number of hydrogen-bond acceptors (Lipinski definition) is 4. The van der Waals surface area contributed by atoms with E-state index < -0.39 is 0 Å². The Hall–Kier alpha value is -1.81. The van der Waals surface area contributed by atoms with Gasteiger partial charge in [0, 0.05) is 31.9 Å². The topological polar surface area (TPSA) is 32.3 Å². The van der Waals surface area contributed by atoms with Crippen LogP contribution < -0.4 is 9.80 Å². The Bertz CT molecular complexity index is 506. The van der Waals surface area contributed by atoms with Crippen LogP contribution in [0.5, 0.6) is 0 Å². The van der Waals surface area contributed by atoms with Crippen molar-refractivity contribution in [2.24, 2.45) is 0 Å². The molecular weight excluding hydrogens is 272 g/mol. The quantitative estimate of drug-likeness (QED) is 0.851. The van der Waals surface area contributed by atoms with Gasteiger partial charge >= 0.3 is 0 Å². The Morgan fingerprint density at radius 1 is 0.850 bits per heavy atom. The highest BCUT2D eigenvalue weighted by Crippen LogP contribution is 2.19. The monoisotopic (exact) mass is 288 g/mol. The Morgan fingerprint density at radius 2 is 1.50 bits per heavy atom. The number of aromatic nitrogens is 2. The Balaban J connectivity index is 1.64. The smallest absolute Gasteiger partial charge is 0.151 e. The molecule has 3 rings (SSSR count). The summed E-state index contributed by atoms with van der Waals surface area (Å²) in [6.07, 6.45) is 0. The molecule has 2 aromatic rings. The highest BCUT2D eigenvalue weighted by Gasteiger charge is 2.18. The van der Waals surface area contributed by atoms with Gasteiger partial charge in [0.05, 0.1) is 0 Å². The summed E-state index contributed by atoms with van der Waals surface area (Å²) in [5.41, 5.74) is 2.58. The first-order valence-corrected chi connectivity index (χ1v) is 7.16. The van der Waals surface area contributed by atoms with Crippen molar-refractivity contribution in [3.63, 3.8) is 0 Å². The van der Waals surface area contributed by atoms with E-state index in [0.29, 0.717) is 5.15 Å². The van der Waals surface area contributed by atoms with Gasteiger partial charge in [-0.3, -0.25) is 0 Å². The molecule has 0 radical (unpaired) electrons. The second-order valence-corrected chi connectivity index (χ2v) is 5.41. The lowest BCUT2D eigenvalue weighted by molar-refractivity contribution is 0.643. The largest absolute Gasteiger partial charge is 0.368 e. The minimum atomic E-state index is 0.437. The van der Waals surface area contributed by atoms with Gasteiger partial charge in [0.25, 0.3) is 0 Å². The van der Waals surface area contributed by atoms with Gasteiger partial charge in [-0.15, -0.1) is 10.2 Å². The fourth-order valence-electron chi connectivity index (χ4n) is 2.43. The van der Waals surface area contributed by atoms with Crippen molar-refractivity contribution >= 4 is 23.1 Å². The van der Waals surface area contributed by atoms with E-state index in [1.165, 1.54) is 11.3 Å². The van der Waals surface area contributed by atoms with Crippen LogP contribution in [-0.2, 0) is 0 Å². The van der Waals surface area contributed by atoms with Gasteiger partial charge in [0.15, 0.2) is 11.0 Å². The van der Waals surface area contributed by atoms with Crippen LogP contribution in [0.25, 0.3) is 0 Å². The van der Waals surface area contributed by atoms with Crippen LogP contribution >= 0.6 is 11.6 Å². The van der Waals surface area contributed by atoms with Crippen molar-refractivity contribution in [2.45, 2.75) is 6.92 Å². The van der Waals surface area contributed by atoms with Crippen LogP contribution in [0.15, 0.2) is 36.4 Å². The van der Waals surface area contributed by atoms with E-state index in [2.05, 4.69) is 51.2 Å². The minimum absolute atomic E-state index is 0.437. The minimum Gasteiger partial charge on any atom is -0.368 e. The fourth-order valence-corrected chi connectivity index (χ4v) is 2.53. The van der Waals surface area contributed by atoms with Crippen molar-refractivity contribution in [3.8, 4) is 0 Å². The molecule has 0 aliphatic carbocycles. The average Bonchev–Trinajstić information content (AvgIpc) is 2.49. The van der Waals surface area contributed by atoms with Crippen LogP contribution in [-0.4, -0.2) is 36.4 Å². The van der Waals surface area contributed by atoms with Crippen LogP contribution in [0, 0.1) is 6.92 Å². The molecule has 1 aliphatic rings. The summed E-state index contributed by atoms with van der Waals surface area (Å²) in [6, 6.07) is 12.4. The standard InChI is InChI=1S/C15H17ClN4/c1-12-2-4-13(5-3-12)19-8-10-20(11-9-19)15-7-6-14(16)17-18-15/h2-7H,8-11H2,1H3. The average molecular weight is 289 g/mol. The lowest BCUT2D eigenvalue weighted by Crippen LogP contribution is -2.46. The SMILES string of the molecule is Cc1ccc(N2CCN(c3ccc(Cl)nn3)CC2)cc1. The predicted molar refractivity (Wildman–Crippen MR) is 82.6 cm³/mol. The number of rotatable bonds is 2. The molecule has 2 heterocycles. The second-order valence-electron chi connectivity index (χ2n) is 5.02. The maximum absolute atomic E-state index is 5.77. The Labute approximate surface area is 124 Å². The van der Waals surface area contributed by atoms with Gasteiger partial charge in [0.2, 0.25) is 0 Å². The third-order valence-corrected chi connectivity index (χ3v) is 3.82. The third kappa shape index (κ3) is 2.85. The van der Waals surface area contributed by atoms with E-state index in [-0.39, 0.29) is 0 Å². The van der Waals surface area contributed by atoms with E-state index >= 15 is 0 Å². The number of piperazine rings is 1. The van der Waals surface area contributed by atoms with Gasteiger partial charge in [-0.25, -0.2) is 0 Å². The molecule has 104 valence electrons. The van der Waals surface area contributed by atoms with Crippen LogP contribution in [0.3, 0.4) is 0 Å². The van der Waals surface area contributed by atoms with Crippen LogP contribution in [0.2, 0.25) is 5.15 Å². The second kappa shape index (κ2) is 5.67. The fraction of sp³-hybridized carbons (Fsp3) is 0.333. The number of hydrogen-bond donors (Lipinski definition) is 0. The molecule has 0 saturated carbocycles. The molecule has 0 bridgehead atoms. The van der Waals surface area contributed by atoms with E-state index in [1.807, 2.05) is 6.07 Å². The first kappa shape index (κ1) is 13.2. The first-order valence-electron chi connectivity index (χ1n) is 6.78. The Kier molecular flexibility index (Phi) is 3.74. The predicted octanol–water partition coefficient (Wildman–Crippen LogP) is 2.77. The van der Waals surface area contributed by atoms with E-state index in [1.54, 1.807) is 6.07 Å². The lowest BCUT2D eigenvalue weighted by atomic mass is 10.2. The van der Waals surface area contributed by atoms with Crippen LogP contribution in [0.4, 0.5) is 11.5 Å². The summed E-state index contributed by atoms with van der Waals surface area (Å²) >= 11 is 5.77. The van der Waals surface area contributed by atoms with Crippen molar-refractivity contribution in [3.05, 3.63) is 47.1 Å². The molecule has 0 spiro atoms. The number of halogens is 1. The number of benzene rings is 1. The maximum Gasteiger partial charge on any atom is 0.151 e. The van der Waals surface area contributed by atoms with Gasteiger partial charge in [-0.1, -0.05) is 29.3 Å². The molecule has 1 saturated heterocycles. The molecule has 1 fully saturated rings. The Morgan fingerprint density at radius 3 is 2.10 bits per heavy atom.